The lowest BCUT2D eigenvalue weighted by Gasteiger charge is -2.27. The summed E-state index contributed by atoms with van der Waals surface area (Å²) in [5.41, 5.74) is 1.88. The van der Waals surface area contributed by atoms with Crippen LogP contribution in [0.5, 0.6) is 0 Å². The minimum absolute atomic E-state index is 0.202. The molecule has 6 heteroatoms. The first-order chi connectivity index (χ1) is 11.8. The Hall–Kier alpha value is -1.73. The number of aliphatic hydroxyl groups excluding tert-OH is 1. The first kappa shape index (κ1) is 18.1. The van der Waals surface area contributed by atoms with Crippen molar-refractivity contribution in [1.29, 1.82) is 0 Å². The van der Waals surface area contributed by atoms with Crippen LogP contribution in [0.3, 0.4) is 0 Å². The maximum absolute atomic E-state index is 13.2. The fraction of sp³-hybridized carbons (Fsp3) is 0.368. The number of sulfonamides is 1. The number of ether oxygens (including phenoxy) is 1. The predicted octanol–water partition coefficient (Wildman–Crippen LogP) is 2.85. The molecule has 0 spiro atoms. The van der Waals surface area contributed by atoms with Gasteiger partial charge in [-0.3, -0.25) is 0 Å². The molecule has 0 unspecified atom stereocenters. The summed E-state index contributed by atoms with van der Waals surface area (Å²) in [5, 5.41) is 10.1. The van der Waals surface area contributed by atoms with Crippen molar-refractivity contribution in [3.63, 3.8) is 0 Å². The molecule has 1 N–H and O–H groups in total. The van der Waals surface area contributed by atoms with E-state index in [0.717, 1.165) is 11.1 Å². The summed E-state index contributed by atoms with van der Waals surface area (Å²) in [7, 11) is -3.79. The van der Waals surface area contributed by atoms with Crippen LogP contribution in [-0.2, 0) is 14.8 Å². The van der Waals surface area contributed by atoms with Crippen LogP contribution in [0.1, 0.15) is 31.1 Å². The van der Waals surface area contributed by atoms with E-state index in [1.54, 1.807) is 31.2 Å². The summed E-state index contributed by atoms with van der Waals surface area (Å²) in [6.07, 6.45) is -2.30. The molecule has 134 valence electrons. The molecule has 0 saturated carbocycles. The topological polar surface area (TPSA) is 66.8 Å². The summed E-state index contributed by atoms with van der Waals surface area (Å²) in [5.74, 6) is 0. The Kier molecular flexibility index (Phi) is 4.97. The molecule has 4 atom stereocenters. The summed E-state index contributed by atoms with van der Waals surface area (Å²) >= 11 is 0. The Morgan fingerprint density at radius 2 is 1.68 bits per heavy atom. The van der Waals surface area contributed by atoms with E-state index < -0.39 is 34.5 Å². The first-order valence-electron chi connectivity index (χ1n) is 8.31. The third kappa shape index (κ3) is 3.35. The molecule has 0 aromatic heterocycles. The van der Waals surface area contributed by atoms with E-state index in [-0.39, 0.29) is 4.90 Å². The zero-order chi connectivity index (χ0) is 18.2. The van der Waals surface area contributed by atoms with Gasteiger partial charge in [-0.05, 0) is 38.5 Å². The highest BCUT2D eigenvalue weighted by atomic mass is 32.2. The van der Waals surface area contributed by atoms with Crippen molar-refractivity contribution < 1.29 is 18.3 Å². The molecule has 1 heterocycles. The van der Waals surface area contributed by atoms with Gasteiger partial charge < -0.3 is 9.84 Å². The molecular weight excluding hydrogens is 338 g/mol. The van der Waals surface area contributed by atoms with Crippen molar-refractivity contribution >= 4 is 10.0 Å². The third-order valence-electron chi connectivity index (χ3n) is 4.51. The van der Waals surface area contributed by atoms with E-state index in [1.807, 2.05) is 44.2 Å². The van der Waals surface area contributed by atoms with Crippen molar-refractivity contribution in [2.24, 2.45) is 0 Å². The highest BCUT2D eigenvalue weighted by Gasteiger charge is 2.48. The van der Waals surface area contributed by atoms with Crippen LogP contribution in [0, 0.1) is 6.92 Å². The van der Waals surface area contributed by atoms with Crippen LogP contribution in [0.4, 0.5) is 0 Å². The van der Waals surface area contributed by atoms with Crippen LogP contribution >= 0.6 is 0 Å². The van der Waals surface area contributed by atoms with Gasteiger partial charge in [0, 0.05) is 0 Å². The van der Waals surface area contributed by atoms with Gasteiger partial charge in [0.2, 0.25) is 10.0 Å². The number of aryl methyl sites for hydroxylation is 1. The number of hydrogen-bond acceptors (Lipinski definition) is 4. The molecule has 1 saturated heterocycles. The van der Waals surface area contributed by atoms with Crippen molar-refractivity contribution in [3.8, 4) is 0 Å². The Morgan fingerprint density at radius 1 is 1.08 bits per heavy atom. The minimum atomic E-state index is -3.79. The smallest absolute Gasteiger partial charge is 0.245 e. The lowest BCUT2D eigenvalue weighted by molar-refractivity contribution is -0.0545. The zero-order valence-electron chi connectivity index (χ0n) is 14.5. The average molecular weight is 361 g/mol. The molecular formula is C19H23NO4S. The summed E-state index contributed by atoms with van der Waals surface area (Å²) in [4.78, 5) is 0.202. The second-order valence-corrected chi connectivity index (χ2v) is 8.33. The summed E-state index contributed by atoms with van der Waals surface area (Å²) in [6.45, 7) is 5.26. The maximum Gasteiger partial charge on any atom is 0.245 e. The molecule has 2 aromatic rings. The molecule has 3 rings (SSSR count). The van der Waals surface area contributed by atoms with Gasteiger partial charge in [-0.1, -0.05) is 48.0 Å². The first-order valence-corrected chi connectivity index (χ1v) is 9.75. The molecule has 0 amide bonds. The second-order valence-electron chi connectivity index (χ2n) is 6.49. The van der Waals surface area contributed by atoms with E-state index >= 15 is 0 Å². The fourth-order valence-corrected chi connectivity index (χ4v) is 4.97. The van der Waals surface area contributed by atoms with Crippen molar-refractivity contribution in [3.05, 3.63) is 65.7 Å². The Labute approximate surface area is 148 Å². The van der Waals surface area contributed by atoms with E-state index in [1.165, 1.54) is 4.31 Å². The van der Waals surface area contributed by atoms with E-state index in [0.29, 0.717) is 0 Å². The molecule has 1 aliphatic heterocycles. The molecule has 5 nitrogen and oxygen atoms in total. The summed E-state index contributed by atoms with van der Waals surface area (Å²) in [6, 6.07) is 15.8. The predicted molar refractivity (Wildman–Crippen MR) is 95.4 cm³/mol. The standard InChI is InChI=1S/C19H23NO4S/c1-13-9-11-17(12-10-13)25(22,23)20-14(2)18(24-19(20)15(3)21)16-7-5-4-6-8-16/h4-12,14-15,18-19,21H,1-3H3/t14-,15+,18-,19-/m0/s1. The van der Waals surface area contributed by atoms with Gasteiger partial charge in [-0.2, -0.15) is 4.31 Å². The lowest BCUT2D eigenvalue weighted by atomic mass is 10.0. The van der Waals surface area contributed by atoms with Crippen LogP contribution in [0.15, 0.2) is 59.5 Å². The number of aliphatic hydroxyl groups is 1. The number of benzene rings is 2. The van der Waals surface area contributed by atoms with Gasteiger partial charge in [0.05, 0.1) is 17.0 Å². The largest absolute Gasteiger partial charge is 0.389 e. The summed E-state index contributed by atoms with van der Waals surface area (Å²) < 4.78 is 33.6. The lowest BCUT2D eigenvalue weighted by Crippen LogP contribution is -2.45. The molecule has 2 aromatic carbocycles. The number of hydrogen-bond donors (Lipinski definition) is 1. The number of rotatable bonds is 4. The molecule has 0 bridgehead atoms. The average Bonchev–Trinajstić information content (AvgIpc) is 2.94. The SMILES string of the molecule is Cc1ccc(S(=O)(=O)N2[C@@H](C)[C@@H](c3ccccc3)O[C@H]2[C@@H](C)O)cc1. The van der Waals surface area contributed by atoms with Gasteiger partial charge in [0.1, 0.15) is 6.10 Å². The Bertz CT molecular complexity index is 818. The molecule has 0 radical (unpaired) electrons. The maximum atomic E-state index is 13.2. The minimum Gasteiger partial charge on any atom is -0.389 e. The van der Waals surface area contributed by atoms with Crippen molar-refractivity contribution in [2.45, 2.75) is 50.1 Å². The monoisotopic (exact) mass is 361 g/mol. The van der Waals surface area contributed by atoms with Crippen LogP contribution in [0.2, 0.25) is 0 Å². The molecule has 1 fully saturated rings. The highest BCUT2D eigenvalue weighted by molar-refractivity contribution is 7.89. The quantitative estimate of drug-likeness (QED) is 0.909. The van der Waals surface area contributed by atoms with Crippen molar-refractivity contribution in [2.75, 3.05) is 0 Å². The fourth-order valence-electron chi connectivity index (χ4n) is 3.20. The van der Waals surface area contributed by atoms with E-state index in [2.05, 4.69) is 0 Å². The third-order valence-corrected chi connectivity index (χ3v) is 6.48. The van der Waals surface area contributed by atoms with Gasteiger partial charge in [-0.25, -0.2) is 8.42 Å². The molecule has 0 aliphatic carbocycles. The van der Waals surface area contributed by atoms with Gasteiger partial charge in [0.25, 0.3) is 0 Å². The van der Waals surface area contributed by atoms with Gasteiger partial charge in [-0.15, -0.1) is 0 Å². The normalized spacial score (nSPS) is 25.8. The van der Waals surface area contributed by atoms with Crippen LogP contribution in [-0.4, -0.2) is 36.2 Å². The molecule has 25 heavy (non-hydrogen) atoms. The Morgan fingerprint density at radius 3 is 2.24 bits per heavy atom. The Balaban J connectivity index is 2.01. The number of nitrogens with zero attached hydrogens (tertiary/aromatic N) is 1. The van der Waals surface area contributed by atoms with Crippen LogP contribution in [0.25, 0.3) is 0 Å². The molecule has 1 aliphatic rings. The highest BCUT2D eigenvalue weighted by Crippen LogP contribution is 2.39. The van der Waals surface area contributed by atoms with E-state index in [9.17, 15) is 13.5 Å². The van der Waals surface area contributed by atoms with E-state index in [4.69, 9.17) is 4.74 Å². The van der Waals surface area contributed by atoms with Crippen LogP contribution < -0.4 is 0 Å². The second kappa shape index (κ2) is 6.88. The van der Waals surface area contributed by atoms with Crippen molar-refractivity contribution in [1.82, 2.24) is 4.31 Å². The van der Waals surface area contributed by atoms with Gasteiger partial charge >= 0.3 is 0 Å². The zero-order valence-corrected chi connectivity index (χ0v) is 15.3. The van der Waals surface area contributed by atoms with Gasteiger partial charge in [0.15, 0.2) is 6.23 Å².